The Morgan fingerprint density at radius 2 is 1.95 bits per heavy atom. The van der Waals surface area contributed by atoms with Crippen LogP contribution in [-0.4, -0.2) is 18.7 Å². The number of hydrogen-bond acceptors (Lipinski definition) is 2. The Labute approximate surface area is 116 Å². The highest BCUT2D eigenvalue weighted by Gasteiger charge is 2.10. The molecule has 3 nitrogen and oxygen atoms in total. The molecule has 19 heavy (non-hydrogen) atoms. The summed E-state index contributed by atoms with van der Waals surface area (Å²) in [5.41, 5.74) is 1.38. The molecule has 0 aliphatic heterocycles. The molecule has 0 saturated heterocycles. The van der Waals surface area contributed by atoms with Gasteiger partial charge in [0.15, 0.2) is 0 Å². The SMILES string of the molecule is CCOC(=O)NC(CC)CCCCc1ccccc1. The summed E-state index contributed by atoms with van der Waals surface area (Å²) in [7, 11) is 0. The van der Waals surface area contributed by atoms with Crippen LogP contribution < -0.4 is 5.32 Å². The lowest BCUT2D eigenvalue weighted by atomic mass is 10.0. The second-order valence-corrected chi connectivity index (χ2v) is 4.70. The van der Waals surface area contributed by atoms with Crippen LogP contribution in [0.15, 0.2) is 30.3 Å². The van der Waals surface area contributed by atoms with Gasteiger partial charge in [0.25, 0.3) is 0 Å². The number of unbranched alkanes of at least 4 members (excludes halogenated alkanes) is 1. The lowest BCUT2D eigenvalue weighted by Gasteiger charge is -2.16. The molecule has 0 saturated carbocycles. The fraction of sp³-hybridized carbons (Fsp3) is 0.562. The smallest absolute Gasteiger partial charge is 0.407 e. The summed E-state index contributed by atoms with van der Waals surface area (Å²) in [4.78, 5) is 11.3. The van der Waals surface area contributed by atoms with E-state index in [0.29, 0.717) is 6.61 Å². The summed E-state index contributed by atoms with van der Waals surface area (Å²) in [5.74, 6) is 0. The molecule has 0 fully saturated rings. The molecule has 1 rings (SSSR count). The minimum Gasteiger partial charge on any atom is -0.450 e. The lowest BCUT2D eigenvalue weighted by Crippen LogP contribution is -2.34. The van der Waals surface area contributed by atoms with E-state index >= 15 is 0 Å². The zero-order chi connectivity index (χ0) is 13.9. The van der Waals surface area contributed by atoms with E-state index in [0.717, 1.165) is 32.1 Å². The van der Waals surface area contributed by atoms with Crippen molar-refractivity contribution in [3.05, 3.63) is 35.9 Å². The van der Waals surface area contributed by atoms with Crippen LogP contribution in [0.2, 0.25) is 0 Å². The summed E-state index contributed by atoms with van der Waals surface area (Å²) >= 11 is 0. The van der Waals surface area contributed by atoms with E-state index in [4.69, 9.17) is 4.74 Å². The quantitative estimate of drug-likeness (QED) is 0.722. The number of aryl methyl sites for hydroxylation is 1. The Hall–Kier alpha value is -1.51. The fourth-order valence-corrected chi connectivity index (χ4v) is 2.08. The number of benzene rings is 1. The number of hydrogen-bond donors (Lipinski definition) is 1. The number of amides is 1. The van der Waals surface area contributed by atoms with E-state index in [1.54, 1.807) is 0 Å². The maximum absolute atomic E-state index is 11.3. The molecule has 1 aromatic carbocycles. The summed E-state index contributed by atoms with van der Waals surface area (Å²) < 4.78 is 4.90. The monoisotopic (exact) mass is 263 g/mol. The van der Waals surface area contributed by atoms with Gasteiger partial charge in [0.2, 0.25) is 0 Å². The van der Waals surface area contributed by atoms with Crippen LogP contribution >= 0.6 is 0 Å². The van der Waals surface area contributed by atoms with Crippen LogP contribution in [0.4, 0.5) is 4.79 Å². The molecule has 1 aromatic rings. The number of rotatable bonds is 8. The minimum atomic E-state index is -0.294. The number of nitrogens with one attached hydrogen (secondary N) is 1. The Morgan fingerprint density at radius 3 is 2.58 bits per heavy atom. The van der Waals surface area contributed by atoms with Crippen molar-refractivity contribution in [2.24, 2.45) is 0 Å². The third-order valence-corrected chi connectivity index (χ3v) is 3.20. The molecule has 1 amide bonds. The summed E-state index contributed by atoms with van der Waals surface area (Å²) in [5, 5.41) is 2.91. The Morgan fingerprint density at radius 1 is 1.21 bits per heavy atom. The fourth-order valence-electron chi connectivity index (χ4n) is 2.08. The van der Waals surface area contributed by atoms with Gasteiger partial charge in [0, 0.05) is 6.04 Å². The maximum Gasteiger partial charge on any atom is 0.407 e. The van der Waals surface area contributed by atoms with Gasteiger partial charge in [0.05, 0.1) is 6.61 Å². The van der Waals surface area contributed by atoms with E-state index in [9.17, 15) is 4.79 Å². The minimum absolute atomic E-state index is 0.231. The van der Waals surface area contributed by atoms with Crippen molar-refractivity contribution in [3.63, 3.8) is 0 Å². The highest BCUT2D eigenvalue weighted by molar-refractivity contribution is 5.67. The Bertz CT molecular complexity index is 351. The van der Waals surface area contributed by atoms with E-state index in [1.807, 2.05) is 13.0 Å². The summed E-state index contributed by atoms with van der Waals surface area (Å²) in [6, 6.07) is 10.7. The van der Waals surface area contributed by atoms with Gasteiger partial charge in [-0.1, -0.05) is 43.7 Å². The normalized spacial score (nSPS) is 11.9. The van der Waals surface area contributed by atoms with Crippen molar-refractivity contribution in [3.8, 4) is 0 Å². The first kappa shape index (κ1) is 15.5. The topological polar surface area (TPSA) is 38.3 Å². The van der Waals surface area contributed by atoms with Gasteiger partial charge in [-0.15, -0.1) is 0 Å². The van der Waals surface area contributed by atoms with Crippen LogP contribution in [0.25, 0.3) is 0 Å². The van der Waals surface area contributed by atoms with Gasteiger partial charge >= 0.3 is 6.09 Å². The largest absolute Gasteiger partial charge is 0.450 e. The van der Waals surface area contributed by atoms with Crippen LogP contribution in [-0.2, 0) is 11.2 Å². The van der Waals surface area contributed by atoms with Crippen molar-refractivity contribution in [2.75, 3.05) is 6.61 Å². The van der Waals surface area contributed by atoms with E-state index in [-0.39, 0.29) is 12.1 Å². The van der Waals surface area contributed by atoms with Gasteiger partial charge in [0.1, 0.15) is 0 Å². The molecule has 3 heteroatoms. The van der Waals surface area contributed by atoms with Gasteiger partial charge < -0.3 is 10.1 Å². The third kappa shape index (κ3) is 6.85. The number of carbonyl (C=O) groups is 1. The average Bonchev–Trinajstić information content (AvgIpc) is 2.43. The van der Waals surface area contributed by atoms with Gasteiger partial charge in [-0.2, -0.15) is 0 Å². The standard InChI is InChI=1S/C16H25NO2/c1-3-15(17-16(18)19-4-2)13-9-8-12-14-10-6-5-7-11-14/h5-7,10-11,15H,3-4,8-9,12-13H2,1-2H3,(H,17,18). The van der Waals surface area contributed by atoms with Crippen LogP contribution in [0.5, 0.6) is 0 Å². The molecule has 106 valence electrons. The van der Waals surface area contributed by atoms with Crippen LogP contribution in [0.3, 0.4) is 0 Å². The molecule has 0 aliphatic carbocycles. The zero-order valence-corrected chi connectivity index (χ0v) is 12.0. The molecular weight excluding hydrogens is 238 g/mol. The van der Waals surface area contributed by atoms with E-state index in [1.165, 1.54) is 5.56 Å². The summed E-state index contributed by atoms with van der Waals surface area (Å²) in [6.07, 6.45) is 5.06. The first-order chi connectivity index (χ1) is 9.26. The molecule has 1 unspecified atom stereocenters. The van der Waals surface area contributed by atoms with Crippen molar-refractivity contribution < 1.29 is 9.53 Å². The molecule has 0 spiro atoms. The lowest BCUT2D eigenvalue weighted by molar-refractivity contribution is 0.147. The predicted octanol–water partition coefficient (Wildman–Crippen LogP) is 3.92. The first-order valence-electron chi connectivity index (χ1n) is 7.23. The third-order valence-electron chi connectivity index (χ3n) is 3.20. The predicted molar refractivity (Wildman–Crippen MR) is 78.2 cm³/mol. The second-order valence-electron chi connectivity index (χ2n) is 4.70. The molecule has 1 N–H and O–H groups in total. The van der Waals surface area contributed by atoms with Crippen LogP contribution in [0.1, 0.15) is 45.1 Å². The zero-order valence-electron chi connectivity index (χ0n) is 12.0. The average molecular weight is 263 g/mol. The van der Waals surface area contributed by atoms with Gasteiger partial charge in [-0.3, -0.25) is 0 Å². The highest BCUT2D eigenvalue weighted by Crippen LogP contribution is 2.09. The van der Waals surface area contributed by atoms with Crippen molar-refractivity contribution in [1.82, 2.24) is 5.32 Å². The Kier molecular flexibility index (Phi) is 7.71. The molecule has 0 bridgehead atoms. The maximum atomic E-state index is 11.3. The van der Waals surface area contributed by atoms with Crippen LogP contribution in [0, 0.1) is 0 Å². The molecule has 1 atom stereocenters. The van der Waals surface area contributed by atoms with E-state index < -0.39 is 0 Å². The summed E-state index contributed by atoms with van der Waals surface area (Å²) in [6.45, 7) is 4.34. The van der Waals surface area contributed by atoms with Gasteiger partial charge in [-0.05, 0) is 38.2 Å². The van der Waals surface area contributed by atoms with Crippen molar-refractivity contribution in [1.29, 1.82) is 0 Å². The number of ether oxygens (including phenoxy) is 1. The van der Waals surface area contributed by atoms with Crippen molar-refractivity contribution in [2.45, 2.75) is 52.0 Å². The first-order valence-corrected chi connectivity index (χ1v) is 7.23. The molecule has 0 aromatic heterocycles. The number of alkyl carbamates (subject to hydrolysis) is 1. The number of carbonyl (C=O) groups excluding carboxylic acids is 1. The molecule has 0 aliphatic rings. The Balaban J connectivity index is 2.17. The van der Waals surface area contributed by atoms with E-state index in [2.05, 4.69) is 36.5 Å². The molecule has 0 radical (unpaired) electrons. The van der Waals surface area contributed by atoms with Gasteiger partial charge in [-0.25, -0.2) is 4.79 Å². The molecular formula is C16H25NO2. The molecule has 0 heterocycles. The highest BCUT2D eigenvalue weighted by atomic mass is 16.5. The second kappa shape index (κ2) is 9.42. The van der Waals surface area contributed by atoms with Crippen molar-refractivity contribution >= 4 is 6.09 Å².